The standard InChI is InChI=1S/C19H17BrFN7O2.ClH/c1-28(2)19-25-17(23-13-5-3-12(21)4-6-13)24-18(26-19)27-22-9-11-7-15-16(8-14(11)20)30-10-29-15;/h3-9H,10H2,1-2H3,(H2,23,24,25,26,27);1H/b22-9+;. The van der Waals surface area contributed by atoms with Crippen molar-refractivity contribution in [3.05, 3.63) is 52.3 Å². The minimum Gasteiger partial charge on any atom is -0.454 e. The molecule has 12 heteroatoms. The van der Waals surface area contributed by atoms with Crippen molar-refractivity contribution in [3.63, 3.8) is 0 Å². The van der Waals surface area contributed by atoms with Gasteiger partial charge in [0, 0.05) is 29.8 Å². The molecule has 1 aliphatic heterocycles. The first-order valence-electron chi connectivity index (χ1n) is 8.82. The molecule has 0 amide bonds. The van der Waals surface area contributed by atoms with Crippen LogP contribution in [0.3, 0.4) is 0 Å². The second-order valence-corrected chi connectivity index (χ2v) is 7.26. The number of halogens is 3. The molecule has 2 N–H and O–H groups in total. The minimum atomic E-state index is -0.323. The number of aromatic nitrogens is 3. The molecule has 0 unspecified atom stereocenters. The predicted molar refractivity (Wildman–Crippen MR) is 123 cm³/mol. The predicted octanol–water partition coefficient (Wildman–Crippen LogP) is 4.18. The lowest BCUT2D eigenvalue weighted by Gasteiger charge is -2.13. The maximum Gasteiger partial charge on any atom is 0.250 e. The summed E-state index contributed by atoms with van der Waals surface area (Å²) in [6, 6.07) is 9.53. The van der Waals surface area contributed by atoms with Crippen molar-refractivity contribution in [2.24, 2.45) is 5.10 Å². The zero-order valence-electron chi connectivity index (χ0n) is 16.5. The van der Waals surface area contributed by atoms with Gasteiger partial charge in [0.2, 0.25) is 24.6 Å². The summed E-state index contributed by atoms with van der Waals surface area (Å²) in [5, 5.41) is 7.24. The number of benzene rings is 2. The van der Waals surface area contributed by atoms with E-state index >= 15 is 0 Å². The molecule has 4 rings (SSSR count). The fourth-order valence-corrected chi connectivity index (χ4v) is 2.95. The van der Waals surface area contributed by atoms with Gasteiger partial charge in [-0.3, -0.25) is 0 Å². The second-order valence-electron chi connectivity index (χ2n) is 6.41. The molecule has 0 bridgehead atoms. The van der Waals surface area contributed by atoms with E-state index in [0.29, 0.717) is 29.1 Å². The van der Waals surface area contributed by atoms with Gasteiger partial charge >= 0.3 is 0 Å². The average molecular weight is 511 g/mol. The third kappa shape index (κ3) is 5.50. The summed E-state index contributed by atoms with van der Waals surface area (Å²) in [7, 11) is 3.63. The number of hydrogen-bond donors (Lipinski definition) is 2. The maximum atomic E-state index is 13.1. The monoisotopic (exact) mass is 509 g/mol. The molecule has 0 aliphatic carbocycles. The first-order chi connectivity index (χ1) is 14.5. The van der Waals surface area contributed by atoms with E-state index in [1.807, 2.05) is 26.2 Å². The first-order valence-corrected chi connectivity index (χ1v) is 9.61. The molecular formula is C19H18BrClFN7O2. The highest BCUT2D eigenvalue weighted by molar-refractivity contribution is 9.10. The lowest BCUT2D eigenvalue weighted by Crippen LogP contribution is -2.15. The summed E-state index contributed by atoms with van der Waals surface area (Å²) in [5.41, 5.74) is 4.24. The Hall–Kier alpha value is -3.18. The van der Waals surface area contributed by atoms with E-state index in [1.165, 1.54) is 12.1 Å². The third-order valence-electron chi connectivity index (χ3n) is 3.98. The second kappa shape index (κ2) is 9.75. The molecule has 0 spiro atoms. The maximum absolute atomic E-state index is 13.1. The van der Waals surface area contributed by atoms with E-state index in [-0.39, 0.29) is 31.0 Å². The van der Waals surface area contributed by atoms with E-state index in [2.05, 4.69) is 46.7 Å². The quantitative estimate of drug-likeness (QED) is 0.377. The molecule has 31 heavy (non-hydrogen) atoms. The highest BCUT2D eigenvalue weighted by Gasteiger charge is 2.15. The number of rotatable bonds is 6. The lowest BCUT2D eigenvalue weighted by molar-refractivity contribution is 0.174. The highest BCUT2D eigenvalue weighted by Crippen LogP contribution is 2.36. The van der Waals surface area contributed by atoms with Gasteiger partial charge in [0.05, 0.1) is 6.21 Å². The fraction of sp³-hybridized carbons (Fsp3) is 0.158. The van der Waals surface area contributed by atoms with Crippen molar-refractivity contribution in [3.8, 4) is 11.5 Å². The Morgan fingerprint density at radius 3 is 2.45 bits per heavy atom. The van der Waals surface area contributed by atoms with Crippen LogP contribution in [-0.4, -0.2) is 42.1 Å². The van der Waals surface area contributed by atoms with Crippen LogP contribution in [0.4, 0.5) is 27.9 Å². The van der Waals surface area contributed by atoms with Gasteiger partial charge in [-0.2, -0.15) is 20.1 Å². The molecule has 162 valence electrons. The summed E-state index contributed by atoms with van der Waals surface area (Å²) in [6.45, 7) is 0.197. The van der Waals surface area contributed by atoms with Crippen LogP contribution in [0.1, 0.15) is 5.56 Å². The normalized spacial score (nSPS) is 11.9. The van der Waals surface area contributed by atoms with Gasteiger partial charge < -0.3 is 19.7 Å². The molecule has 0 fully saturated rings. The molecule has 2 aromatic carbocycles. The first kappa shape index (κ1) is 22.5. The van der Waals surface area contributed by atoms with Crippen LogP contribution < -0.4 is 25.1 Å². The van der Waals surface area contributed by atoms with Crippen molar-refractivity contribution in [2.75, 3.05) is 36.5 Å². The lowest BCUT2D eigenvalue weighted by atomic mass is 10.2. The number of ether oxygens (including phenoxy) is 2. The molecule has 1 aliphatic rings. The molecule has 9 nitrogen and oxygen atoms in total. The van der Waals surface area contributed by atoms with E-state index in [1.54, 1.807) is 23.2 Å². The SMILES string of the molecule is CN(C)c1nc(N/N=C/c2cc3c(cc2Br)OCO3)nc(Nc2ccc(F)cc2)n1.Cl. The Morgan fingerprint density at radius 1 is 1.06 bits per heavy atom. The van der Waals surface area contributed by atoms with Crippen LogP contribution in [0.2, 0.25) is 0 Å². The number of nitrogens with one attached hydrogen (secondary N) is 2. The van der Waals surface area contributed by atoms with Crippen molar-refractivity contribution in [1.82, 2.24) is 15.0 Å². The summed E-state index contributed by atoms with van der Waals surface area (Å²) in [6.07, 6.45) is 1.61. The van der Waals surface area contributed by atoms with Crippen LogP contribution in [0, 0.1) is 5.82 Å². The zero-order chi connectivity index (χ0) is 21.1. The van der Waals surface area contributed by atoms with Crippen molar-refractivity contribution in [2.45, 2.75) is 0 Å². The van der Waals surface area contributed by atoms with Crippen molar-refractivity contribution in [1.29, 1.82) is 0 Å². The Labute approximate surface area is 192 Å². The molecule has 1 aromatic heterocycles. The van der Waals surface area contributed by atoms with Crippen LogP contribution in [0.5, 0.6) is 11.5 Å². The van der Waals surface area contributed by atoms with Crippen LogP contribution >= 0.6 is 28.3 Å². The van der Waals surface area contributed by atoms with Gasteiger partial charge in [0.25, 0.3) is 0 Å². The van der Waals surface area contributed by atoms with Gasteiger partial charge in [0.15, 0.2) is 11.5 Å². The van der Waals surface area contributed by atoms with Crippen molar-refractivity contribution >= 4 is 58.1 Å². The molecule has 0 radical (unpaired) electrons. The molecule has 0 saturated carbocycles. The summed E-state index contributed by atoms with van der Waals surface area (Å²) in [5.74, 6) is 1.97. The summed E-state index contributed by atoms with van der Waals surface area (Å²) < 4.78 is 24.7. The van der Waals surface area contributed by atoms with Gasteiger partial charge in [-0.1, -0.05) is 0 Å². The Bertz CT molecular complexity index is 1100. The van der Waals surface area contributed by atoms with E-state index in [9.17, 15) is 4.39 Å². The molecule has 0 saturated heterocycles. The molecule has 2 heterocycles. The number of nitrogens with zero attached hydrogens (tertiary/aromatic N) is 5. The van der Waals surface area contributed by atoms with Crippen LogP contribution in [0.15, 0.2) is 46.0 Å². The third-order valence-corrected chi connectivity index (χ3v) is 4.67. The summed E-state index contributed by atoms with van der Waals surface area (Å²) >= 11 is 3.48. The van der Waals surface area contributed by atoms with Crippen LogP contribution in [-0.2, 0) is 0 Å². The number of fused-ring (bicyclic) bond motifs is 1. The molecule has 3 aromatic rings. The fourth-order valence-electron chi connectivity index (χ4n) is 2.52. The summed E-state index contributed by atoms with van der Waals surface area (Å²) in [4.78, 5) is 14.7. The van der Waals surface area contributed by atoms with Crippen LogP contribution in [0.25, 0.3) is 0 Å². The zero-order valence-corrected chi connectivity index (χ0v) is 18.9. The van der Waals surface area contributed by atoms with E-state index in [0.717, 1.165) is 10.0 Å². The largest absolute Gasteiger partial charge is 0.454 e. The van der Waals surface area contributed by atoms with Gasteiger partial charge in [-0.15, -0.1) is 12.4 Å². The van der Waals surface area contributed by atoms with Crippen molar-refractivity contribution < 1.29 is 13.9 Å². The number of hydrazone groups is 1. The van der Waals surface area contributed by atoms with Gasteiger partial charge in [0.1, 0.15) is 5.82 Å². The number of anilines is 4. The smallest absolute Gasteiger partial charge is 0.250 e. The van der Waals surface area contributed by atoms with E-state index < -0.39 is 0 Å². The topological polar surface area (TPSA) is 96.8 Å². The molecular weight excluding hydrogens is 493 g/mol. The average Bonchev–Trinajstić information content (AvgIpc) is 3.17. The Kier molecular flexibility index (Phi) is 7.08. The van der Waals surface area contributed by atoms with Gasteiger partial charge in [-0.05, 0) is 52.3 Å². The Balaban J connectivity index is 0.00000272. The number of hydrogen-bond acceptors (Lipinski definition) is 9. The molecule has 0 atom stereocenters. The highest BCUT2D eigenvalue weighted by atomic mass is 79.9. The minimum absolute atomic E-state index is 0. The van der Waals surface area contributed by atoms with Gasteiger partial charge in [-0.25, -0.2) is 9.82 Å². The van der Waals surface area contributed by atoms with E-state index in [4.69, 9.17) is 9.47 Å². The Morgan fingerprint density at radius 2 is 1.74 bits per heavy atom.